The Labute approximate surface area is 119 Å². The molecule has 1 atom stereocenters. The number of ether oxygens (including phenoxy) is 1. The first-order valence-electron chi connectivity index (χ1n) is 6.03. The van der Waals surface area contributed by atoms with E-state index < -0.39 is 0 Å². The number of carbonyl (C=O) groups is 1. The Balaban J connectivity index is 2.24. The van der Waals surface area contributed by atoms with Crippen molar-refractivity contribution in [3.8, 4) is 0 Å². The summed E-state index contributed by atoms with van der Waals surface area (Å²) in [7, 11) is 0. The molecule has 1 amide bonds. The highest BCUT2D eigenvalue weighted by Gasteiger charge is 2.26. The fourth-order valence-corrected chi connectivity index (χ4v) is 2.30. The van der Waals surface area contributed by atoms with Gasteiger partial charge in [-0.05, 0) is 28.9 Å². The van der Waals surface area contributed by atoms with Gasteiger partial charge in [-0.15, -0.1) is 0 Å². The largest absolute Gasteiger partial charge is 0.373 e. The van der Waals surface area contributed by atoms with Crippen LogP contribution in [-0.4, -0.2) is 48.1 Å². The quantitative estimate of drug-likeness (QED) is 0.813. The fraction of sp³-hybridized carbons (Fsp3) is 0.500. The summed E-state index contributed by atoms with van der Waals surface area (Å²) >= 11 is 3.31. The van der Waals surface area contributed by atoms with E-state index in [9.17, 15) is 9.59 Å². The molecule has 1 aromatic heterocycles. The number of nitrogens with zero attached hydrogens (tertiary/aromatic N) is 1. The molecule has 1 fully saturated rings. The predicted molar refractivity (Wildman–Crippen MR) is 74.2 cm³/mol. The number of hydrogen-bond acceptors (Lipinski definition) is 4. The maximum atomic E-state index is 12.3. The highest BCUT2D eigenvalue weighted by Crippen LogP contribution is 2.15. The van der Waals surface area contributed by atoms with Crippen molar-refractivity contribution in [2.45, 2.75) is 13.0 Å². The van der Waals surface area contributed by atoms with E-state index in [-0.39, 0.29) is 23.1 Å². The number of nitrogens with one attached hydrogen (secondary N) is 1. The molecule has 0 radical (unpaired) electrons. The summed E-state index contributed by atoms with van der Waals surface area (Å²) in [6.45, 7) is 3.45. The number of aryl methyl sites for hydroxylation is 1. The Hall–Kier alpha value is -1.18. The lowest BCUT2D eigenvalue weighted by Gasteiger charge is -2.32. The van der Waals surface area contributed by atoms with Gasteiger partial charge in [0.05, 0.1) is 12.7 Å². The minimum absolute atomic E-state index is 0.134. The summed E-state index contributed by atoms with van der Waals surface area (Å²) in [5, 5.41) is 0. The topological polar surface area (TPSA) is 88.4 Å². The summed E-state index contributed by atoms with van der Waals surface area (Å²) in [5.74, 6) is -0.288. The maximum Gasteiger partial charge on any atom is 0.261 e. The molecule has 2 heterocycles. The van der Waals surface area contributed by atoms with Crippen molar-refractivity contribution in [1.29, 1.82) is 0 Å². The van der Waals surface area contributed by atoms with Crippen LogP contribution < -0.4 is 11.3 Å². The molecule has 1 aliphatic rings. The van der Waals surface area contributed by atoms with E-state index in [0.29, 0.717) is 36.4 Å². The van der Waals surface area contributed by atoms with Gasteiger partial charge in [0, 0.05) is 29.8 Å². The van der Waals surface area contributed by atoms with Crippen molar-refractivity contribution in [1.82, 2.24) is 9.88 Å². The highest BCUT2D eigenvalue weighted by atomic mass is 79.9. The third kappa shape index (κ3) is 3.05. The second kappa shape index (κ2) is 5.85. The molecule has 7 heteroatoms. The van der Waals surface area contributed by atoms with E-state index in [1.54, 1.807) is 17.9 Å². The van der Waals surface area contributed by atoms with Gasteiger partial charge in [0.1, 0.15) is 5.56 Å². The Morgan fingerprint density at radius 1 is 1.68 bits per heavy atom. The van der Waals surface area contributed by atoms with Crippen molar-refractivity contribution in [3.63, 3.8) is 0 Å². The van der Waals surface area contributed by atoms with Gasteiger partial charge >= 0.3 is 0 Å². The van der Waals surface area contributed by atoms with Gasteiger partial charge in [-0.2, -0.15) is 0 Å². The van der Waals surface area contributed by atoms with Crippen molar-refractivity contribution < 1.29 is 9.53 Å². The van der Waals surface area contributed by atoms with Gasteiger partial charge in [0.25, 0.3) is 11.5 Å². The van der Waals surface area contributed by atoms with Crippen LogP contribution in [0.3, 0.4) is 0 Å². The van der Waals surface area contributed by atoms with Crippen molar-refractivity contribution >= 4 is 21.8 Å². The van der Waals surface area contributed by atoms with E-state index in [2.05, 4.69) is 20.9 Å². The number of hydrogen-bond donors (Lipinski definition) is 2. The first-order valence-corrected chi connectivity index (χ1v) is 6.82. The number of H-pyrrole nitrogens is 1. The summed E-state index contributed by atoms with van der Waals surface area (Å²) in [4.78, 5) is 28.4. The molecule has 1 aliphatic heterocycles. The lowest BCUT2D eigenvalue weighted by molar-refractivity contribution is -0.0168. The number of morpholine rings is 1. The molecule has 6 nitrogen and oxygen atoms in total. The SMILES string of the molecule is Cc1[nH]c(=O)c(C(=O)N2CCOC(CN)C2)cc1Br. The molecule has 3 N–H and O–H groups in total. The van der Waals surface area contributed by atoms with Gasteiger partial charge in [-0.3, -0.25) is 9.59 Å². The van der Waals surface area contributed by atoms with E-state index in [1.807, 2.05) is 0 Å². The summed E-state index contributed by atoms with van der Waals surface area (Å²) in [6, 6.07) is 1.56. The zero-order chi connectivity index (χ0) is 14.0. The third-order valence-corrected chi connectivity index (χ3v) is 3.92. The lowest BCUT2D eigenvalue weighted by atomic mass is 10.2. The second-order valence-corrected chi connectivity index (χ2v) is 5.32. The Bertz CT molecular complexity index is 544. The van der Waals surface area contributed by atoms with E-state index in [4.69, 9.17) is 10.5 Å². The standard InChI is InChI=1S/C12H16BrN3O3/c1-7-10(13)4-9(11(17)15-7)12(18)16-2-3-19-8(5-14)6-16/h4,8H,2-3,5-6,14H2,1H3,(H,15,17). The number of aromatic amines is 1. The monoisotopic (exact) mass is 329 g/mol. The van der Waals surface area contributed by atoms with Crippen molar-refractivity contribution in [3.05, 3.63) is 32.2 Å². The van der Waals surface area contributed by atoms with E-state index >= 15 is 0 Å². The lowest BCUT2D eigenvalue weighted by Crippen LogP contribution is -2.49. The third-order valence-electron chi connectivity index (χ3n) is 3.09. The smallest absolute Gasteiger partial charge is 0.261 e. The highest BCUT2D eigenvalue weighted by molar-refractivity contribution is 9.10. The molecule has 1 saturated heterocycles. The average Bonchev–Trinajstić information content (AvgIpc) is 2.42. The number of carbonyl (C=O) groups excluding carboxylic acids is 1. The van der Waals surface area contributed by atoms with Crippen LogP contribution in [0.25, 0.3) is 0 Å². The first-order chi connectivity index (χ1) is 9.02. The van der Waals surface area contributed by atoms with Crippen LogP contribution in [-0.2, 0) is 4.74 Å². The van der Waals surface area contributed by atoms with Gasteiger partial charge in [-0.1, -0.05) is 0 Å². The molecular formula is C12H16BrN3O3. The zero-order valence-electron chi connectivity index (χ0n) is 10.6. The molecule has 0 bridgehead atoms. The van der Waals surface area contributed by atoms with Crippen LogP contribution in [0.4, 0.5) is 0 Å². The van der Waals surface area contributed by atoms with Gasteiger partial charge in [-0.25, -0.2) is 0 Å². The zero-order valence-corrected chi connectivity index (χ0v) is 12.2. The molecule has 19 heavy (non-hydrogen) atoms. The summed E-state index contributed by atoms with van der Waals surface area (Å²) in [6.07, 6.45) is -0.161. The number of pyridine rings is 1. The second-order valence-electron chi connectivity index (χ2n) is 4.46. The number of nitrogens with two attached hydrogens (primary N) is 1. The van der Waals surface area contributed by atoms with Crippen LogP contribution in [0.5, 0.6) is 0 Å². The predicted octanol–water partition coefficient (Wildman–Crippen LogP) is 0.246. The summed E-state index contributed by atoms with van der Waals surface area (Å²) in [5.41, 5.74) is 6.00. The molecule has 0 spiro atoms. The molecule has 0 saturated carbocycles. The van der Waals surface area contributed by atoms with E-state index in [0.717, 1.165) is 0 Å². The Morgan fingerprint density at radius 2 is 2.42 bits per heavy atom. The first kappa shape index (κ1) is 14.2. The van der Waals surface area contributed by atoms with Gasteiger partial charge in [0.15, 0.2) is 0 Å². The molecule has 104 valence electrons. The van der Waals surface area contributed by atoms with Crippen LogP contribution in [0, 0.1) is 6.92 Å². The number of aromatic nitrogens is 1. The van der Waals surface area contributed by atoms with Crippen LogP contribution >= 0.6 is 15.9 Å². The minimum Gasteiger partial charge on any atom is -0.373 e. The van der Waals surface area contributed by atoms with Gasteiger partial charge in [0.2, 0.25) is 0 Å². The molecule has 1 aromatic rings. The maximum absolute atomic E-state index is 12.3. The van der Waals surface area contributed by atoms with Crippen LogP contribution in [0.2, 0.25) is 0 Å². The Morgan fingerprint density at radius 3 is 3.11 bits per heavy atom. The normalized spacial score (nSPS) is 19.5. The average molecular weight is 330 g/mol. The molecular weight excluding hydrogens is 314 g/mol. The fourth-order valence-electron chi connectivity index (χ4n) is 1.97. The summed E-state index contributed by atoms with van der Waals surface area (Å²) < 4.78 is 6.11. The molecule has 1 unspecified atom stereocenters. The molecule has 2 rings (SSSR count). The Kier molecular flexibility index (Phi) is 4.38. The minimum atomic E-state index is -0.374. The van der Waals surface area contributed by atoms with Gasteiger partial charge < -0.3 is 20.4 Å². The number of rotatable bonds is 2. The number of halogens is 1. The van der Waals surface area contributed by atoms with Crippen molar-refractivity contribution in [2.75, 3.05) is 26.2 Å². The van der Waals surface area contributed by atoms with Crippen molar-refractivity contribution in [2.24, 2.45) is 5.73 Å². The molecule has 0 aliphatic carbocycles. The van der Waals surface area contributed by atoms with E-state index in [1.165, 1.54) is 0 Å². The number of amides is 1. The molecule has 0 aromatic carbocycles. The van der Waals surface area contributed by atoms with Crippen LogP contribution in [0.15, 0.2) is 15.3 Å². The van der Waals surface area contributed by atoms with Crippen LogP contribution in [0.1, 0.15) is 16.1 Å².